The third-order valence-corrected chi connectivity index (χ3v) is 2.66. The van der Waals surface area contributed by atoms with E-state index < -0.39 is 0 Å². The molecule has 1 rings (SSSR count). The van der Waals surface area contributed by atoms with E-state index in [0.29, 0.717) is 10.8 Å². The van der Waals surface area contributed by atoms with Gasteiger partial charge in [-0.25, -0.2) is 0 Å². The Balaban J connectivity index is 2.73. The molecule has 0 atom stereocenters. The van der Waals surface area contributed by atoms with Crippen LogP contribution in [0.25, 0.3) is 0 Å². The molecule has 0 saturated carbocycles. The topological polar surface area (TPSA) is 23.5 Å². The maximum atomic E-state index is 9.66. The van der Waals surface area contributed by atoms with Crippen molar-refractivity contribution in [2.45, 2.75) is 26.8 Å². The summed E-state index contributed by atoms with van der Waals surface area (Å²) < 4.78 is 0. The molecule has 0 saturated heterocycles. The van der Waals surface area contributed by atoms with Gasteiger partial charge in [-0.2, -0.15) is 0 Å². The Labute approximate surface area is 96.5 Å². The van der Waals surface area contributed by atoms with E-state index >= 15 is 0 Å². The number of benzene rings is 1. The average molecular weight is 228 g/mol. The smallest absolute Gasteiger partial charge is 0.120 e. The third-order valence-electron chi connectivity index (χ3n) is 2.42. The van der Waals surface area contributed by atoms with Gasteiger partial charge in [0.2, 0.25) is 0 Å². The summed E-state index contributed by atoms with van der Waals surface area (Å²) in [5.74, 6) is 0.328. The number of rotatable bonds is 5. The minimum absolute atomic E-state index is 0.328. The first-order chi connectivity index (χ1) is 7.17. The van der Waals surface area contributed by atoms with Gasteiger partial charge in [0.05, 0.1) is 0 Å². The number of phenolic OH excluding ortho intramolecular Hbond substituents is 1. The van der Waals surface area contributed by atoms with Gasteiger partial charge in [0.1, 0.15) is 5.75 Å². The highest BCUT2D eigenvalue weighted by atomic mass is 35.5. The molecule has 3 heteroatoms. The van der Waals surface area contributed by atoms with Crippen LogP contribution in [0.2, 0.25) is 5.02 Å². The second-order valence-corrected chi connectivity index (χ2v) is 4.08. The molecule has 0 bridgehead atoms. The number of nitrogens with zero attached hydrogens (tertiary/aromatic N) is 1. The van der Waals surface area contributed by atoms with Gasteiger partial charge in [-0.3, -0.25) is 4.90 Å². The first kappa shape index (κ1) is 12.3. The van der Waals surface area contributed by atoms with Crippen molar-refractivity contribution in [1.82, 2.24) is 4.90 Å². The summed E-state index contributed by atoms with van der Waals surface area (Å²) in [4.78, 5) is 2.28. The molecular formula is C12H18ClNO. The van der Waals surface area contributed by atoms with Crippen molar-refractivity contribution >= 4 is 11.6 Å². The second kappa shape index (κ2) is 5.99. The summed E-state index contributed by atoms with van der Waals surface area (Å²) >= 11 is 5.89. The van der Waals surface area contributed by atoms with Gasteiger partial charge in [-0.05, 0) is 37.7 Å². The molecule has 0 heterocycles. The minimum atomic E-state index is 0.328. The lowest BCUT2D eigenvalue weighted by Crippen LogP contribution is -2.23. The molecule has 84 valence electrons. The largest absolute Gasteiger partial charge is 0.508 e. The number of halogens is 1. The summed E-state index contributed by atoms with van der Waals surface area (Å²) in [6.07, 6.45) is 1.12. The molecule has 0 amide bonds. The van der Waals surface area contributed by atoms with Crippen LogP contribution in [0.5, 0.6) is 5.75 Å². The summed E-state index contributed by atoms with van der Waals surface area (Å²) in [6, 6.07) is 5.18. The highest BCUT2D eigenvalue weighted by molar-refractivity contribution is 6.30. The summed E-state index contributed by atoms with van der Waals surface area (Å²) in [5, 5.41) is 10.3. The number of aromatic hydroxyl groups is 1. The standard InChI is InChI=1S/C12H18ClNO/c1-3-7-14(4-2)9-10-8-11(13)5-6-12(10)15/h5-6,8,15H,3-4,7,9H2,1-2H3. The van der Waals surface area contributed by atoms with Crippen molar-refractivity contribution < 1.29 is 5.11 Å². The van der Waals surface area contributed by atoms with E-state index in [-0.39, 0.29) is 0 Å². The predicted molar refractivity (Wildman–Crippen MR) is 64.4 cm³/mol. The number of hydrogen-bond donors (Lipinski definition) is 1. The number of hydrogen-bond acceptors (Lipinski definition) is 2. The highest BCUT2D eigenvalue weighted by Gasteiger charge is 2.07. The zero-order valence-corrected chi connectivity index (χ0v) is 10.1. The van der Waals surface area contributed by atoms with E-state index in [2.05, 4.69) is 18.7 Å². The van der Waals surface area contributed by atoms with E-state index in [4.69, 9.17) is 11.6 Å². The molecule has 0 radical (unpaired) electrons. The van der Waals surface area contributed by atoms with Crippen LogP contribution in [-0.4, -0.2) is 23.1 Å². The fourth-order valence-corrected chi connectivity index (χ4v) is 1.78. The maximum Gasteiger partial charge on any atom is 0.120 e. The van der Waals surface area contributed by atoms with Crippen LogP contribution in [0.1, 0.15) is 25.8 Å². The lowest BCUT2D eigenvalue weighted by molar-refractivity contribution is 0.276. The van der Waals surface area contributed by atoms with Crippen LogP contribution in [0.3, 0.4) is 0 Å². The Hall–Kier alpha value is -0.730. The highest BCUT2D eigenvalue weighted by Crippen LogP contribution is 2.22. The van der Waals surface area contributed by atoms with Gasteiger partial charge in [0, 0.05) is 17.1 Å². The molecule has 0 aliphatic carbocycles. The van der Waals surface area contributed by atoms with Crippen LogP contribution in [0.15, 0.2) is 18.2 Å². The summed E-state index contributed by atoms with van der Waals surface area (Å²) in [6.45, 7) is 7.07. The van der Waals surface area contributed by atoms with Crippen LogP contribution in [-0.2, 0) is 6.54 Å². The Morgan fingerprint density at radius 1 is 1.33 bits per heavy atom. The monoisotopic (exact) mass is 227 g/mol. The van der Waals surface area contributed by atoms with Crippen molar-refractivity contribution in [2.75, 3.05) is 13.1 Å². The van der Waals surface area contributed by atoms with Gasteiger partial charge in [-0.15, -0.1) is 0 Å². The second-order valence-electron chi connectivity index (χ2n) is 3.64. The summed E-state index contributed by atoms with van der Waals surface area (Å²) in [5.41, 5.74) is 0.901. The van der Waals surface area contributed by atoms with Crippen molar-refractivity contribution in [3.05, 3.63) is 28.8 Å². The molecule has 0 spiro atoms. The number of phenols is 1. The lowest BCUT2D eigenvalue weighted by atomic mass is 10.2. The molecule has 0 unspecified atom stereocenters. The van der Waals surface area contributed by atoms with Gasteiger partial charge < -0.3 is 5.11 Å². The van der Waals surface area contributed by atoms with E-state index in [1.807, 2.05) is 6.07 Å². The van der Waals surface area contributed by atoms with Crippen molar-refractivity contribution in [1.29, 1.82) is 0 Å². The van der Waals surface area contributed by atoms with Crippen LogP contribution in [0, 0.1) is 0 Å². The third kappa shape index (κ3) is 3.73. The van der Waals surface area contributed by atoms with E-state index in [0.717, 1.165) is 31.6 Å². The first-order valence-corrected chi connectivity index (χ1v) is 5.75. The Morgan fingerprint density at radius 3 is 2.67 bits per heavy atom. The van der Waals surface area contributed by atoms with E-state index in [1.165, 1.54) is 0 Å². The van der Waals surface area contributed by atoms with Gasteiger partial charge in [0.25, 0.3) is 0 Å². The van der Waals surface area contributed by atoms with Gasteiger partial charge in [0.15, 0.2) is 0 Å². The fourth-order valence-electron chi connectivity index (χ4n) is 1.59. The van der Waals surface area contributed by atoms with E-state index in [9.17, 15) is 5.11 Å². The Bertz CT molecular complexity index is 314. The molecule has 0 fully saturated rings. The van der Waals surface area contributed by atoms with Crippen molar-refractivity contribution in [3.63, 3.8) is 0 Å². The molecule has 0 aromatic heterocycles. The average Bonchev–Trinajstić information content (AvgIpc) is 2.22. The predicted octanol–water partition coefficient (Wildman–Crippen LogP) is 3.28. The Morgan fingerprint density at radius 2 is 2.07 bits per heavy atom. The molecule has 1 aromatic rings. The quantitative estimate of drug-likeness (QED) is 0.835. The molecular weight excluding hydrogens is 210 g/mol. The minimum Gasteiger partial charge on any atom is -0.508 e. The van der Waals surface area contributed by atoms with Gasteiger partial charge >= 0.3 is 0 Å². The van der Waals surface area contributed by atoms with Crippen LogP contribution >= 0.6 is 11.6 Å². The Kier molecular flexibility index (Phi) is 4.92. The zero-order valence-electron chi connectivity index (χ0n) is 9.33. The molecule has 15 heavy (non-hydrogen) atoms. The molecule has 1 N–H and O–H groups in total. The van der Waals surface area contributed by atoms with Gasteiger partial charge in [-0.1, -0.05) is 25.4 Å². The SMILES string of the molecule is CCCN(CC)Cc1cc(Cl)ccc1O. The molecule has 0 aliphatic rings. The molecule has 2 nitrogen and oxygen atoms in total. The lowest BCUT2D eigenvalue weighted by Gasteiger charge is -2.20. The van der Waals surface area contributed by atoms with Crippen LogP contribution < -0.4 is 0 Å². The zero-order chi connectivity index (χ0) is 11.3. The first-order valence-electron chi connectivity index (χ1n) is 5.37. The van der Waals surface area contributed by atoms with Crippen LogP contribution in [0.4, 0.5) is 0 Å². The molecule has 1 aromatic carbocycles. The summed E-state index contributed by atoms with van der Waals surface area (Å²) in [7, 11) is 0. The van der Waals surface area contributed by atoms with Crippen molar-refractivity contribution in [3.8, 4) is 5.75 Å². The normalized spacial score (nSPS) is 10.9. The molecule has 0 aliphatic heterocycles. The fraction of sp³-hybridized carbons (Fsp3) is 0.500. The maximum absolute atomic E-state index is 9.66. The van der Waals surface area contributed by atoms with Crippen molar-refractivity contribution in [2.24, 2.45) is 0 Å². The van der Waals surface area contributed by atoms with E-state index in [1.54, 1.807) is 12.1 Å².